The molecule has 1 atom stereocenters. The Hall–Kier alpha value is -0.0800. The van der Waals surface area contributed by atoms with Gasteiger partial charge in [-0.25, -0.2) is 0 Å². The van der Waals surface area contributed by atoms with E-state index >= 15 is 0 Å². The van der Waals surface area contributed by atoms with E-state index in [1.165, 1.54) is 0 Å². The zero-order valence-electron chi connectivity index (χ0n) is 13.1. The van der Waals surface area contributed by atoms with E-state index in [0.717, 1.165) is 64.7 Å². The second kappa shape index (κ2) is 12.6. The fourth-order valence-electron chi connectivity index (χ4n) is 2.26. The maximum absolute atomic E-state index is 5.41. The molecule has 0 aromatic heterocycles. The SMILES string of the molecule is CCOCCCCNC(=NC)N(C)CC1CCOC1.I. The third-order valence-corrected chi connectivity index (χ3v) is 3.33. The number of guanidine groups is 1. The molecular formula is C14H30IN3O2. The van der Waals surface area contributed by atoms with Gasteiger partial charge in [-0.1, -0.05) is 0 Å². The summed E-state index contributed by atoms with van der Waals surface area (Å²) in [7, 11) is 3.93. The van der Waals surface area contributed by atoms with Crippen molar-refractivity contribution in [2.24, 2.45) is 10.9 Å². The molecule has 1 aliphatic rings. The van der Waals surface area contributed by atoms with Crippen LogP contribution in [0.2, 0.25) is 0 Å². The van der Waals surface area contributed by atoms with Gasteiger partial charge < -0.3 is 19.7 Å². The van der Waals surface area contributed by atoms with Gasteiger partial charge in [0.1, 0.15) is 0 Å². The number of halogens is 1. The Labute approximate surface area is 140 Å². The highest BCUT2D eigenvalue weighted by Gasteiger charge is 2.18. The summed E-state index contributed by atoms with van der Waals surface area (Å²) in [6.07, 6.45) is 3.37. The summed E-state index contributed by atoms with van der Waals surface area (Å²) in [5.41, 5.74) is 0. The molecule has 1 unspecified atom stereocenters. The van der Waals surface area contributed by atoms with Crippen LogP contribution < -0.4 is 5.32 Å². The van der Waals surface area contributed by atoms with E-state index in [1.54, 1.807) is 0 Å². The lowest BCUT2D eigenvalue weighted by atomic mass is 10.1. The minimum atomic E-state index is 0. The molecule has 1 rings (SSSR count). The van der Waals surface area contributed by atoms with E-state index in [4.69, 9.17) is 9.47 Å². The minimum Gasteiger partial charge on any atom is -0.382 e. The van der Waals surface area contributed by atoms with Crippen LogP contribution in [0.4, 0.5) is 0 Å². The average molecular weight is 399 g/mol. The van der Waals surface area contributed by atoms with Gasteiger partial charge in [-0.2, -0.15) is 0 Å². The Balaban J connectivity index is 0.00000361. The lowest BCUT2D eigenvalue weighted by Crippen LogP contribution is -2.41. The molecule has 20 heavy (non-hydrogen) atoms. The average Bonchev–Trinajstić information content (AvgIpc) is 2.90. The van der Waals surface area contributed by atoms with Crippen LogP contribution in [0.15, 0.2) is 4.99 Å². The highest BCUT2D eigenvalue weighted by molar-refractivity contribution is 14.0. The van der Waals surface area contributed by atoms with Crippen LogP contribution in [0, 0.1) is 5.92 Å². The first kappa shape index (κ1) is 19.9. The van der Waals surface area contributed by atoms with Gasteiger partial charge in [0.2, 0.25) is 0 Å². The Morgan fingerprint density at radius 1 is 1.45 bits per heavy atom. The number of rotatable bonds is 8. The summed E-state index contributed by atoms with van der Waals surface area (Å²) in [5.74, 6) is 1.62. The van der Waals surface area contributed by atoms with E-state index < -0.39 is 0 Å². The maximum Gasteiger partial charge on any atom is 0.193 e. The molecule has 0 spiro atoms. The molecule has 1 heterocycles. The molecule has 5 nitrogen and oxygen atoms in total. The lowest BCUT2D eigenvalue weighted by molar-refractivity contribution is 0.143. The molecule has 0 bridgehead atoms. The number of aliphatic imine (C=N–C) groups is 1. The van der Waals surface area contributed by atoms with Crippen molar-refractivity contribution in [1.29, 1.82) is 0 Å². The molecule has 0 amide bonds. The van der Waals surface area contributed by atoms with Gasteiger partial charge in [0.15, 0.2) is 5.96 Å². The summed E-state index contributed by atoms with van der Waals surface area (Å²) in [6, 6.07) is 0. The Bertz CT molecular complexity index is 259. The fourth-order valence-corrected chi connectivity index (χ4v) is 2.26. The number of ether oxygens (including phenoxy) is 2. The third-order valence-electron chi connectivity index (χ3n) is 3.33. The molecule has 1 fully saturated rings. The molecule has 120 valence electrons. The standard InChI is InChI=1S/C14H29N3O2.HI/c1-4-18-9-6-5-8-16-14(15-2)17(3)11-13-7-10-19-12-13;/h13H,4-12H2,1-3H3,(H,15,16);1H. The van der Waals surface area contributed by atoms with Crippen molar-refractivity contribution in [3.63, 3.8) is 0 Å². The van der Waals surface area contributed by atoms with E-state index in [-0.39, 0.29) is 24.0 Å². The second-order valence-corrected chi connectivity index (χ2v) is 4.99. The minimum absolute atomic E-state index is 0. The molecule has 0 saturated carbocycles. The topological polar surface area (TPSA) is 46.1 Å². The van der Waals surface area contributed by atoms with Crippen molar-refractivity contribution in [3.8, 4) is 0 Å². The molecule has 0 aromatic rings. The van der Waals surface area contributed by atoms with Crippen LogP contribution in [0.25, 0.3) is 0 Å². The predicted octanol–water partition coefficient (Wildman–Crippen LogP) is 1.96. The number of unbranched alkanes of at least 4 members (excludes halogenated alkanes) is 1. The van der Waals surface area contributed by atoms with Gasteiger partial charge in [0.05, 0.1) is 6.61 Å². The van der Waals surface area contributed by atoms with Crippen molar-refractivity contribution in [1.82, 2.24) is 10.2 Å². The van der Waals surface area contributed by atoms with Gasteiger partial charge in [-0.3, -0.25) is 4.99 Å². The van der Waals surface area contributed by atoms with Crippen LogP contribution in [0.3, 0.4) is 0 Å². The Kier molecular flexibility index (Phi) is 12.6. The molecular weight excluding hydrogens is 369 g/mol. The van der Waals surface area contributed by atoms with Gasteiger partial charge in [0, 0.05) is 52.9 Å². The maximum atomic E-state index is 5.41. The Morgan fingerprint density at radius 3 is 2.85 bits per heavy atom. The number of hydrogen-bond donors (Lipinski definition) is 1. The normalized spacial score (nSPS) is 18.8. The van der Waals surface area contributed by atoms with Crippen LogP contribution in [-0.4, -0.2) is 64.5 Å². The molecule has 6 heteroatoms. The monoisotopic (exact) mass is 399 g/mol. The van der Waals surface area contributed by atoms with E-state index in [2.05, 4.69) is 22.3 Å². The van der Waals surface area contributed by atoms with Crippen molar-refractivity contribution >= 4 is 29.9 Å². The number of nitrogens with zero attached hydrogens (tertiary/aromatic N) is 2. The summed E-state index contributed by atoms with van der Waals surface area (Å²) in [4.78, 5) is 6.52. The van der Waals surface area contributed by atoms with Crippen molar-refractivity contribution < 1.29 is 9.47 Å². The van der Waals surface area contributed by atoms with Crippen molar-refractivity contribution in [2.75, 3.05) is 53.6 Å². The summed E-state index contributed by atoms with van der Waals surface area (Å²) in [5, 5.41) is 3.40. The number of nitrogens with one attached hydrogen (secondary N) is 1. The summed E-state index contributed by atoms with van der Waals surface area (Å²) >= 11 is 0. The fraction of sp³-hybridized carbons (Fsp3) is 0.929. The first-order valence-corrected chi connectivity index (χ1v) is 7.35. The van der Waals surface area contributed by atoms with Crippen molar-refractivity contribution in [3.05, 3.63) is 0 Å². The van der Waals surface area contributed by atoms with E-state index in [1.807, 2.05) is 14.0 Å². The molecule has 0 aliphatic carbocycles. The molecule has 1 saturated heterocycles. The van der Waals surface area contributed by atoms with Crippen LogP contribution in [-0.2, 0) is 9.47 Å². The zero-order valence-corrected chi connectivity index (χ0v) is 15.4. The highest BCUT2D eigenvalue weighted by atomic mass is 127. The molecule has 0 aromatic carbocycles. The molecule has 0 radical (unpaired) electrons. The van der Waals surface area contributed by atoms with Crippen LogP contribution >= 0.6 is 24.0 Å². The van der Waals surface area contributed by atoms with Crippen molar-refractivity contribution in [2.45, 2.75) is 26.2 Å². The van der Waals surface area contributed by atoms with E-state index in [9.17, 15) is 0 Å². The van der Waals surface area contributed by atoms with E-state index in [0.29, 0.717) is 5.92 Å². The Morgan fingerprint density at radius 2 is 2.25 bits per heavy atom. The largest absolute Gasteiger partial charge is 0.382 e. The van der Waals surface area contributed by atoms with Gasteiger partial charge in [0.25, 0.3) is 0 Å². The van der Waals surface area contributed by atoms with Gasteiger partial charge in [-0.05, 0) is 26.2 Å². The lowest BCUT2D eigenvalue weighted by Gasteiger charge is -2.24. The predicted molar refractivity (Wildman–Crippen MR) is 94.1 cm³/mol. The molecule has 1 aliphatic heterocycles. The van der Waals surface area contributed by atoms with Crippen LogP contribution in [0.1, 0.15) is 26.2 Å². The van der Waals surface area contributed by atoms with Gasteiger partial charge >= 0.3 is 0 Å². The number of hydrogen-bond acceptors (Lipinski definition) is 3. The first-order chi connectivity index (χ1) is 9.27. The smallest absolute Gasteiger partial charge is 0.193 e. The van der Waals surface area contributed by atoms with Crippen LogP contribution in [0.5, 0.6) is 0 Å². The third kappa shape index (κ3) is 8.26. The summed E-state index contributed by atoms with van der Waals surface area (Å²) < 4.78 is 10.7. The molecule has 1 N–H and O–H groups in total. The first-order valence-electron chi connectivity index (χ1n) is 7.35. The zero-order chi connectivity index (χ0) is 13.9. The quantitative estimate of drug-likeness (QED) is 0.294. The second-order valence-electron chi connectivity index (χ2n) is 4.99. The summed E-state index contributed by atoms with van der Waals surface area (Å²) in [6.45, 7) is 7.44. The van der Waals surface area contributed by atoms with Gasteiger partial charge in [-0.15, -0.1) is 24.0 Å². The highest BCUT2D eigenvalue weighted by Crippen LogP contribution is 2.13.